The van der Waals surface area contributed by atoms with Crippen LogP contribution >= 0.6 is 11.6 Å². The van der Waals surface area contributed by atoms with Gasteiger partial charge >= 0.3 is 0 Å². The Bertz CT molecular complexity index is 450. The first-order valence-corrected chi connectivity index (χ1v) is 5.25. The van der Waals surface area contributed by atoms with E-state index in [2.05, 4.69) is 10.6 Å². The van der Waals surface area contributed by atoms with Crippen molar-refractivity contribution in [3.8, 4) is 0 Å². The van der Waals surface area contributed by atoms with Gasteiger partial charge in [-0.2, -0.15) is 0 Å². The third-order valence-electron chi connectivity index (χ3n) is 2.24. The average Bonchev–Trinajstić information content (AvgIpc) is 2.30. The molecule has 0 radical (unpaired) electrons. The van der Waals surface area contributed by atoms with Crippen LogP contribution in [0, 0.1) is 10.1 Å². The van der Waals surface area contributed by atoms with Crippen LogP contribution in [0.2, 0.25) is 5.02 Å². The summed E-state index contributed by atoms with van der Waals surface area (Å²) in [6.45, 7) is 1.67. The zero-order chi connectivity index (χ0) is 13.0. The molecule has 0 saturated carbocycles. The molecule has 17 heavy (non-hydrogen) atoms. The summed E-state index contributed by atoms with van der Waals surface area (Å²) in [5.41, 5.74) is 0.106. The molecule has 0 aliphatic heterocycles. The highest BCUT2D eigenvalue weighted by atomic mass is 35.5. The number of nitro benzene ring substituents is 1. The molecule has 1 aromatic carbocycles. The summed E-state index contributed by atoms with van der Waals surface area (Å²) in [6, 6.07) is 3.46. The van der Waals surface area contributed by atoms with Gasteiger partial charge in [0, 0.05) is 12.1 Å². The summed E-state index contributed by atoms with van der Waals surface area (Å²) < 4.78 is 0. The lowest BCUT2D eigenvalue weighted by atomic mass is 10.2. The second-order valence-corrected chi connectivity index (χ2v) is 3.83. The number of benzene rings is 1. The van der Waals surface area contributed by atoms with E-state index < -0.39 is 11.0 Å². The molecule has 6 nitrogen and oxygen atoms in total. The first-order valence-electron chi connectivity index (χ1n) is 4.87. The molecule has 0 saturated heterocycles. The smallest absolute Gasteiger partial charge is 0.271 e. The normalized spacial score (nSPS) is 11.9. The molecule has 1 amide bonds. The van der Waals surface area contributed by atoms with Crippen LogP contribution in [0.1, 0.15) is 6.92 Å². The van der Waals surface area contributed by atoms with Gasteiger partial charge in [-0.25, -0.2) is 0 Å². The van der Waals surface area contributed by atoms with E-state index in [9.17, 15) is 14.9 Å². The molecule has 0 aliphatic rings. The lowest BCUT2D eigenvalue weighted by molar-refractivity contribution is -0.384. The van der Waals surface area contributed by atoms with Crippen LogP contribution in [0.25, 0.3) is 0 Å². The van der Waals surface area contributed by atoms with Crippen LogP contribution in [-0.2, 0) is 4.79 Å². The molecule has 0 spiro atoms. The van der Waals surface area contributed by atoms with Crippen molar-refractivity contribution in [3.63, 3.8) is 0 Å². The maximum absolute atomic E-state index is 11.6. The van der Waals surface area contributed by atoms with Gasteiger partial charge in [0.05, 0.1) is 21.7 Å². The van der Waals surface area contributed by atoms with Crippen LogP contribution in [0.4, 0.5) is 11.4 Å². The number of likely N-dealkylation sites (N-methyl/N-ethyl adjacent to an activating group) is 1. The number of amides is 1. The number of halogens is 1. The number of anilines is 1. The Kier molecular flexibility index (Phi) is 4.42. The Morgan fingerprint density at radius 3 is 2.71 bits per heavy atom. The average molecular weight is 258 g/mol. The number of hydrogen-bond acceptors (Lipinski definition) is 4. The number of nitro groups is 1. The molecule has 7 heteroatoms. The number of carbonyl (C=O) groups is 1. The topological polar surface area (TPSA) is 84.3 Å². The number of hydrogen-bond donors (Lipinski definition) is 2. The second-order valence-electron chi connectivity index (χ2n) is 3.42. The molecule has 0 heterocycles. The highest BCUT2D eigenvalue weighted by Gasteiger charge is 2.15. The van der Waals surface area contributed by atoms with Gasteiger partial charge in [-0.1, -0.05) is 11.6 Å². The van der Waals surface area contributed by atoms with E-state index in [1.807, 2.05) is 0 Å². The van der Waals surface area contributed by atoms with Crippen LogP contribution in [-0.4, -0.2) is 23.9 Å². The predicted molar refractivity (Wildman–Crippen MR) is 65.3 cm³/mol. The zero-order valence-electron chi connectivity index (χ0n) is 9.36. The largest absolute Gasteiger partial charge is 0.323 e. The van der Waals surface area contributed by atoms with E-state index in [1.54, 1.807) is 14.0 Å². The monoisotopic (exact) mass is 257 g/mol. The van der Waals surface area contributed by atoms with Crippen molar-refractivity contribution in [2.45, 2.75) is 13.0 Å². The molecule has 0 aliphatic carbocycles. The molecule has 0 aromatic heterocycles. The van der Waals surface area contributed by atoms with Gasteiger partial charge in [0.25, 0.3) is 5.69 Å². The fourth-order valence-electron chi connectivity index (χ4n) is 1.09. The quantitative estimate of drug-likeness (QED) is 0.636. The van der Waals surface area contributed by atoms with Crippen molar-refractivity contribution in [2.75, 3.05) is 12.4 Å². The van der Waals surface area contributed by atoms with Crippen molar-refractivity contribution < 1.29 is 9.72 Å². The summed E-state index contributed by atoms with van der Waals surface area (Å²) in [5, 5.41) is 16.1. The Labute approximate surface area is 103 Å². The van der Waals surface area contributed by atoms with Crippen molar-refractivity contribution in [3.05, 3.63) is 33.3 Å². The Morgan fingerprint density at radius 1 is 1.53 bits per heavy atom. The fourth-order valence-corrected chi connectivity index (χ4v) is 1.26. The summed E-state index contributed by atoms with van der Waals surface area (Å²) in [4.78, 5) is 21.6. The molecule has 0 bridgehead atoms. The van der Waals surface area contributed by atoms with E-state index in [-0.39, 0.29) is 22.3 Å². The maximum Gasteiger partial charge on any atom is 0.271 e. The van der Waals surface area contributed by atoms with Gasteiger partial charge in [-0.05, 0) is 20.0 Å². The van der Waals surface area contributed by atoms with E-state index in [0.717, 1.165) is 0 Å². The van der Waals surface area contributed by atoms with E-state index in [4.69, 9.17) is 11.6 Å². The minimum atomic E-state index is -0.548. The molecule has 0 fully saturated rings. The van der Waals surface area contributed by atoms with Gasteiger partial charge in [0.1, 0.15) is 0 Å². The van der Waals surface area contributed by atoms with Crippen molar-refractivity contribution in [2.24, 2.45) is 0 Å². The van der Waals surface area contributed by atoms with E-state index in [1.165, 1.54) is 18.2 Å². The number of non-ortho nitro benzene ring substituents is 1. The minimum Gasteiger partial charge on any atom is -0.323 e. The number of carbonyl (C=O) groups excluding carboxylic acids is 1. The van der Waals surface area contributed by atoms with Crippen molar-refractivity contribution in [1.82, 2.24) is 5.32 Å². The molecular formula is C10H12ClN3O3. The molecular weight excluding hydrogens is 246 g/mol. The molecule has 2 N–H and O–H groups in total. The van der Waals surface area contributed by atoms with Gasteiger partial charge in [-0.15, -0.1) is 0 Å². The lowest BCUT2D eigenvalue weighted by Crippen LogP contribution is -2.35. The fraction of sp³-hybridized carbons (Fsp3) is 0.300. The van der Waals surface area contributed by atoms with E-state index >= 15 is 0 Å². The second kappa shape index (κ2) is 5.60. The predicted octanol–water partition coefficient (Wildman–Crippen LogP) is 1.79. The molecule has 1 aromatic rings. The van der Waals surface area contributed by atoms with Crippen LogP contribution in [0.15, 0.2) is 18.2 Å². The SMILES string of the molecule is CNC(C)C(=O)Nc1cc([N+](=O)[O-])ccc1Cl. The minimum absolute atomic E-state index is 0.123. The van der Waals surface area contributed by atoms with Gasteiger partial charge in [0.15, 0.2) is 0 Å². The summed E-state index contributed by atoms with van der Waals surface area (Å²) in [7, 11) is 1.64. The Hall–Kier alpha value is -1.66. The summed E-state index contributed by atoms with van der Waals surface area (Å²) >= 11 is 5.84. The standard InChI is InChI=1S/C10H12ClN3O3/c1-6(12-2)10(15)13-9-5-7(14(16)17)3-4-8(9)11/h3-6,12H,1-2H3,(H,13,15). The highest BCUT2D eigenvalue weighted by Crippen LogP contribution is 2.26. The first kappa shape index (κ1) is 13.4. The number of rotatable bonds is 4. The zero-order valence-corrected chi connectivity index (χ0v) is 10.1. The van der Waals surface area contributed by atoms with Crippen LogP contribution in [0.5, 0.6) is 0 Å². The molecule has 1 unspecified atom stereocenters. The highest BCUT2D eigenvalue weighted by molar-refractivity contribution is 6.33. The molecule has 1 rings (SSSR count). The third kappa shape index (κ3) is 3.40. The molecule has 1 atom stereocenters. The van der Waals surface area contributed by atoms with Crippen LogP contribution < -0.4 is 10.6 Å². The first-order chi connectivity index (χ1) is 7.95. The summed E-state index contributed by atoms with van der Waals surface area (Å²) in [6.07, 6.45) is 0. The van der Waals surface area contributed by atoms with Gasteiger partial charge in [0.2, 0.25) is 5.91 Å². The van der Waals surface area contributed by atoms with Crippen molar-refractivity contribution >= 4 is 28.9 Å². The van der Waals surface area contributed by atoms with Crippen molar-refractivity contribution in [1.29, 1.82) is 0 Å². The number of nitrogens with one attached hydrogen (secondary N) is 2. The van der Waals surface area contributed by atoms with Gasteiger partial charge < -0.3 is 10.6 Å². The van der Waals surface area contributed by atoms with Crippen LogP contribution in [0.3, 0.4) is 0 Å². The number of nitrogens with zero attached hydrogens (tertiary/aromatic N) is 1. The Morgan fingerprint density at radius 2 is 2.18 bits per heavy atom. The Balaban J connectivity index is 2.94. The lowest BCUT2D eigenvalue weighted by Gasteiger charge is -2.11. The summed E-state index contributed by atoms with van der Waals surface area (Å²) in [5.74, 6) is -0.310. The van der Waals surface area contributed by atoms with Gasteiger partial charge in [-0.3, -0.25) is 14.9 Å². The third-order valence-corrected chi connectivity index (χ3v) is 2.57. The molecule has 92 valence electrons. The van der Waals surface area contributed by atoms with E-state index in [0.29, 0.717) is 0 Å². The maximum atomic E-state index is 11.6.